The van der Waals surface area contributed by atoms with Crippen LogP contribution in [0.1, 0.15) is 28.8 Å². The van der Waals surface area contributed by atoms with Crippen molar-refractivity contribution in [2.45, 2.75) is 19.4 Å². The third-order valence-corrected chi connectivity index (χ3v) is 5.46. The molecule has 1 aliphatic heterocycles. The Labute approximate surface area is 172 Å². The minimum atomic E-state index is -0.0532. The second-order valence-electron chi connectivity index (χ2n) is 7.15. The Morgan fingerprint density at radius 2 is 1.59 bits per heavy atom. The normalized spacial score (nSPS) is 16.9. The highest BCUT2D eigenvalue weighted by molar-refractivity contribution is 5.98. The highest BCUT2D eigenvalue weighted by Gasteiger charge is 2.28. The molecule has 1 aliphatic rings. The van der Waals surface area contributed by atoms with Gasteiger partial charge in [-0.1, -0.05) is 6.07 Å². The number of ether oxygens (including phenoxy) is 4. The molecule has 0 aliphatic carbocycles. The van der Waals surface area contributed by atoms with E-state index >= 15 is 0 Å². The molecule has 0 saturated carbocycles. The Balaban J connectivity index is 1.75. The van der Waals surface area contributed by atoms with Gasteiger partial charge in [0.15, 0.2) is 17.3 Å². The van der Waals surface area contributed by atoms with Crippen LogP contribution in [0.3, 0.4) is 0 Å². The molecule has 1 heterocycles. The summed E-state index contributed by atoms with van der Waals surface area (Å²) in [6, 6.07) is 11.2. The van der Waals surface area contributed by atoms with Gasteiger partial charge in [0.2, 0.25) is 0 Å². The molecule has 0 radical (unpaired) electrons. The summed E-state index contributed by atoms with van der Waals surface area (Å²) in [5.41, 5.74) is 1.67. The van der Waals surface area contributed by atoms with Crippen LogP contribution in [0.5, 0.6) is 23.0 Å². The van der Waals surface area contributed by atoms with Crippen molar-refractivity contribution in [1.82, 2.24) is 4.90 Å². The monoisotopic (exact) mass is 399 g/mol. The SMILES string of the molecule is COc1ccc(C(=O)[C@@H]2CCCN(Cc3c(OC)cccc3OC)C2)cc1OC. The zero-order valence-corrected chi connectivity index (χ0v) is 17.6. The van der Waals surface area contributed by atoms with Crippen molar-refractivity contribution < 1.29 is 23.7 Å². The van der Waals surface area contributed by atoms with Gasteiger partial charge in [-0.3, -0.25) is 9.69 Å². The Hall–Kier alpha value is -2.73. The van der Waals surface area contributed by atoms with Crippen LogP contribution in [-0.2, 0) is 6.54 Å². The van der Waals surface area contributed by atoms with Crippen LogP contribution in [-0.4, -0.2) is 52.2 Å². The molecule has 1 atom stereocenters. The standard InChI is InChI=1S/C23H29NO5/c1-26-19-8-5-9-20(27-2)18(19)15-24-12-6-7-17(14-24)23(25)16-10-11-21(28-3)22(13-16)29-4/h5,8-11,13,17H,6-7,12,14-15H2,1-4H3/t17-/m1/s1. The van der Waals surface area contributed by atoms with Gasteiger partial charge in [0, 0.05) is 24.6 Å². The third kappa shape index (κ3) is 4.65. The molecule has 0 spiro atoms. The zero-order valence-electron chi connectivity index (χ0n) is 17.6. The fourth-order valence-electron chi connectivity index (χ4n) is 3.95. The maximum Gasteiger partial charge on any atom is 0.167 e. The summed E-state index contributed by atoms with van der Waals surface area (Å²) in [4.78, 5) is 15.4. The quantitative estimate of drug-likeness (QED) is 0.629. The van der Waals surface area contributed by atoms with E-state index in [0.717, 1.165) is 36.4 Å². The van der Waals surface area contributed by atoms with Gasteiger partial charge in [0.25, 0.3) is 0 Å². The molecule has 0 aromatic heterocycles. The van der Waals surface area contributed by atoms with Crippen molar-refractivity contribution in [2.24, 2.45) is 5.92 Å². The molecule has 0 amide bonds. The number of nitrogens with zero attached hydrogens (tertiary/aromatic N) is 1. The van der Waals surface area contributed by atoms with Gasteiger partial charge in [-0.05, 0) is 49.7 Å². The average molecular weight is 399 g/mol. The topological polar surface area (TPSA) is 57.2 Å². The van der Waals surface area contributed by atoms with Gasteiger partial charge in [-0.25, -0.2) is 0 Å². The van der Waals surface area contributed by atoms with E-state index in [4.69, 9.17) is 18.9 Å². The van der Waals surface area contributed by atoms with Crippen LogP contribution in [0.15, 0.2) is 36.4 Å². The number of benzene rings is 2. The predicted octanol–water partition coefficient (Wildman–Crippen LogP) is 3.82. The van der Waals surface area contributed by atoms with Gasteiger partial charge < -0.3 is 18.9 Å². The maximum atomic E-state index is 13.1. The average Bonchev–Trinajstić information content (AvgIpc) is 2.78. The first-order valence-corrected chi connectivity index (χ1v) is 9.79. The first-order chi connectivity index (χ1) is 14.1. The number of piperidine rings is 1. The van der Waals surface area contributed by atoms with E-state index in [-0.39, 0.29) is 11.7 Å². The van der Waals surface area contributed by atoms with Crippen LogP contribution in [0.4, 0.5) is 0 Å². The fraction of sp³-hybridized carbons (Fsp3) is 0.435. The zero-order chi connectivity index (χ0) is 20.8. The van der Waals surface area contributed by atoms with E-state index in [2.05, 4.69) is 4.90 Å². The van der Waals surface area contributed by atoms with Gasteiger partial charge in [0.1, 0.15) is 11.5 Å². The van der Waals surface area contributed by atoms with Crippen molar-refractivity contribution >= 4 is 5.78 Å². The van der Waals surface area contributed by atoms with Crippen LogP contribution in [0.2, 0.25) is 0 Å². The lowest BCUT2D eigenvalue weighted by Gasteiger charge is -2.32. The fourth-order valence-corrected chi connectivity index (χ4v) is 3.95. The van der Waals surface area contributed by atoms with Crippen LogP contribution in [0, 0.1) is 5.92 Å². The molecule has 2 aromatic rings. The first-order valence-electron chi connectivity index (χ1n) is 9.79. The first kappa shape index (κ1) is 21.0. The van der Waals surface area contributed by atoms with Gasteiger partial charge in [-0.15, -0.1) is 0 Å². The lowest BCUT2D eigenvalue weighted by atomic mass is 9.89. The molecular formula is C23H29NO5. The number of hydrogen-bond donors (Lipinski definition) is 0. The van der Waals surface area contributed by atoms with Crippen molar-refractivity contribution in [3.05, 3.63) is 47.5 Å². The number of methoxy groups -OCH3 is 4. The molecule has 0 N–H and O–H groups in total. The minimum Gasteiger partial charge on any atom is -0.496 e. The Kier molecular flexibility index (Phi) is 6.99. The second kappa shape index (κ2) is 9.65. The van der Waals surface area contributed by atoms with Crippen molar-refractivity contribution in [3.63, 3.8) is 0 Å². The number of likely N-dealkylation sites (tertiary alicyclic amines) is 1. The number of carbonyl (C=O) groups excluding carboxylic acids is 1. The number of rotatable bonds is 8. The minimum absolute atomic E-state index is 0.0532. The van der Waals surface area contributed by atoms with Crippen molar-refractivity contribution in [3.8, 4) is 23.0 Å². The second-order valence-corrected chi connectivity index (χ2v) is 7.15. The summed E-state index contributed by atoms with van der Waals surface area (Å²) in [6.45, 7) is 2.33. The van der Waals surface area contributed by atoms with E-state index in [1.54, 1.807) is 40.6 Å². The summed E-state index contributed by atoms with van der Waals surface area (Å²) in [6.07, 6.45) is 1.86. The molecular weight excluding hydrogens is 370 g/mol. The number of Topliss-reactive ketones (excluding diaryl/α,β-unsaturated/α-hetero) is 1. The number of ketones is 1. The molecule has 0 unspecified atom stereocenters. The molecule has 156 valence electrons. The van der Waals surface area contributed by atoms with Crippen LogP contribution < -0.4 is 18.9 Å². The van der Waals surface area contributed by atoms with Gasteiger partial charge in [-0.2, -0.15) is 0 Å². The summed E-state index contributed by atoms with van der Waals surface area (Å²) < 4.78 is 21.7. The maximum absolute atomic E-state index is 13.1. The van der Waals surface area contributed by atoms with E-state index in [1.807, 2.05) is 24.3 Å². The van der Waals surface area contributed by atoms with E-state index in [1.165, 1.54) is 0 Å². The van der Waals surface area contributed by atoms with Crippen LogP contribution in [0.25, 0.3) is 0 Å². The third-order valence-electron chi connectivity index (χ3n) is 5.46. The number of hydrogen-bond acceptors (Lipinski definition) is 6. The summed E-state index contributed by atoms with van der Waals surface area (Å²) in [5, 5.41) is 0. The highest BCUT2D eigenvalue weighted by Crippen LogP contribution is 2.33. The molecule has 1 saturated heterocycles. The predicted molar refractivity (Wildman–Crippen MR) is 111 cm³/mol. The molecule has 0 bridgehead atoms. The lowest BCUT2D eigenvalue weighted by molar-refractivity contribution is 0.0809. The van der Waals surface area contributed by atoms with Crippen molar-refractivity contribution in [2.75, 3.05) is 41.5 Å². The Morgan fingerprint density at radius 3 is 2.21 bits per heavy atom. The van der Waals surface area contributed by atoms with E-state index < -0.39 is 0 Å². The van der Waals surface area contributed by atoms with Gasteiger partial charge in [0.05, 0.1) is 34.0 Å². The number of carbonyl (C=O) groups is 1. The van der Waals surface area contributed by atoms with E-state index in [9.17, 15) is 4.79 Å². The highest BCUT2D eigenvalue weighted by atomic mass is 16.5. The smallest absolute Gasteiger partial charge is 0.167 e. The molecule has 2 aromatic carbocycles. The Bertz CT molecular complexity index is 829. The molecule has 3 rings (SSSR count). The van der Waals surface area contributed by atoms with Crippen LogP contribution >= 0.6 is 0 Å². The van der Waals surface area contributed by atoms with E-state index in [0.29, 0.717) is 30.2 Å². The largest absolute Gasteiger partial charge is 0.496 e. The molecule has 6 heteroatoms. The molecule has 29 heavy (non-hydrogen) atoms. The molecule has 1 fully saturated rings. The lowest BCUT2D eigenvalue weighted by Crippen LogP contribution is -2.38. The summed E-state index contributed by atoms with van der Waals surface area (Å²) in [5.74, 6) is 2.89. The molecule has 6 nitrogen and oxygen atoms in total. The summed E-state index contributed by atoms with van der Waals surface area (Å²) in [7, 11) is 6.50. The summed E-state index contributed by atoms with van der Waals surface area (Å²) >= 11 is 0. The van der Waals surface area contributed by atoms with Crippen molar-refractivity contribution in [1.29, 1.82) is 0 Å². The Morgan fingerprint density at radius 1 is 0.931 bits per heavy atom. The van der Waals surface area contributed by atoms with Gasteiger partial charge >= 0.3 is 0 Å².